The summed E-state index contributed by atoms with van der Waals surface area (Å²) in [6.45, 7) is 5.99. The van der Waals surface area contributed by atoms with Crippen LogP contribution in [0.5, 0.6) is 0 Å². The number of hydrogen-bond donors (Lipinski definition) is 3. The van der Waals surface area contributed by atoms with Gasteiger partial charge >= 0.3 is 0 Å². The molecule has 4 aromatic rings. The van der Waals surface area contributed by atoms with Gasteiger partial charge in [0.2, 0.25) is 5.91 Å². The molecule has 1 saturated heterocycles. The molecule has 0 radical (unpaired) electrons. The summed E-state index contributed by atoms with van der Waals surface area (Å²) in [7, 11) is -3.04. The number of fused-ring (bicyclic) bond motifs is 2. The highest BCUT2D eigenvalue weighted by atomic mass is 35.5. The summed E-state index contributed by atoms with van der Waals surface area (Å²) in [5, 5.41) is 13.2. The van der Waals surface area contributed by atoms with E-state index in [9.17, 15) is 24.3 Å². The van der Waals surface area contributed by atoms with E-state index >= 15 is 0 Å². The number of anilines is 2. The third kappa shape index (κ3) is 6.99. The zero-order valence-corrected chi connectivity index (χ0v) is 30.1. The smallest absolute Gasteiger partial charge is 0.264 e. The molecule has 4 aromatic carbocycles. The first-order chi connectivity index (χ1) is 23.9. The van der Waals surface area contributed by atoms with Crippen LogP contribution in [-0.2, 0) is 33.0 Å². The molecule has 4 atom stereocenters. The summed E-state index contributed by atoms with van der Waals surface area (Å²) < 4.78 is 6.86. The van der Waals surface area contributed by atoms with E-state index in [0.717, 1.165) is 11.1 Å². The van der Waals surface area contributed by atoms with Gasteiger partial charge in [0.15, 0.2) is 13.9 Å². The molecule has 1 fully saturated rings. The van der Waals surface area contributed by atoms with Crippen molar-refractivity contribution in [3.8, 4) is 0 Å². The lowest BCUT2D eigenvalue weighted by molar-refractivity contribution is -0.150. The van der Waals surface area contributed by atoms with Gasteiger partial charge in [-0.05, 0) is 66.7 Å². The Morgan fingerprint density at radius 3 is 2.32 bits per heavy atom. The van der Waals surface area contributed by atoms with Crippen molar-refractivity contribution in [3.05, 3.63) is 130 Å². The van der Waals surface area contributed by atoms with E-state index in [0.29, 0.717) is 34.1 Å². The summed E-state index contributed by atoms with van der Waals surface area (Å²) in [6, 6.07) is 31.1. The number of hydrogen-bond acceptors (Lipinski definition) is 6. The van der Waals surface area contributed by atoms with Gasteiger partial charge in [-0.3, -0.25) is 14.4 Å². The fraction of sp³-hybridized carbons (Fsp3) is 0.308. The molecule has 2 heterocycles. The number of aliphatic hydroxyl groups excluding tert-OH is 1. The molecule has 2 aliphatic rings. The minimum atomic E-state index is -3.04. The van der Waals surface area contributed by atoms with Crippen molar-refractivity contribution in [1.82, 2.24) is 4.90 Å². The van der Waals surface area contributed by atoms with E-state index in [1.165, 1.54) is 0 Å². The molecule has 6 rings (SSSR count). The Bertz CT molecular complexity index is 1870. The standard InChI is InChI=1S/C39H42ClN3O6Si/c1-26-36(50(2,3)48)34(23-35(45)42(19-20-44)24-27-11-6-4-7-12-27)49-39(26)32-22-30(40)17-18-33(32)43(38(39)47)25-28-13-10-16-31(21-28)41-37(46)29-14-8-5-9-15-29/h4-18,21-22,26,34,36,44,48H,19-20,23-25H2,1-3H3,(H,41,46)/t26-,34+,36-,39+/m1/s1. The maximum absolute atomic E-state index is 14.8. The molecule has 2 aliphatic heterocycles. The lowest BCUT2D eigenvalue weighted by atomic mass is 9.82. The topological polar surface area (TPSA) is 119 Å². The van der Waals surface area contributed by atoms with Gasteiger partial charge in [0.05, 0.1) is 31.4 Å². The molecule has 0 aliphatic carbocycles. The number of carbonyl (C=O) groups is 3. The van der Waals surface area contributed by atoms with Crippen LogP contribution in [0.3, 0.4) is 0 Å². The highest BCUT2D eigenvalue weighted by Gasteiger charge is 2.66. The van der Waals surface area contributed by atoms with Gasteiger partial charge in [-0.25, -0.2) is 0 Å². The van der Waals surface area contributed by atoms with Crippen molar-refractivity contribution in [2.24, 2.45) is 5.92 Å². The molecule has 3 N–H and O–H groups in total. The normalized spacial score (nSPS) is 21.4. The quantitative estimate of drug-likeness (QED) is 0.156. The monoisotopic (exact) mass is 711 g/mol. The molecular weight excluding hydrogens is 670 g/mol. The highest BCUT2D eigenvalue weighted by molar-refractivity contribution is 6.71. The van der Waals surface area contributed by atoms with Crippen LogP contribution in [0, 0.1) is 5.92 Å². The van der Waals surface area contributed by atoms with E-state index in [2.05, 4.69) is 5.32 Å². The van der Waals surface area contributed by atoms with Crippen molar-refractivity contribution in [2.45, 2.75) is 56.8 Å². The van der Waals surface area contributed by atoms with Gasteiger partial charge < -0.3 is 29.8 Å². The number of nitrogens with one attached hydrogen (secondary N) is 1. The molecule has 0 bridgehead atoms. The number of rotatable bonds is 11. The first-order valence-corrected chi connectivity index (χ1v) is 20.2. The van der Waals surface area contributed by atoms with Crippen molar-refractivity contribution in [1.29, 1.82) is 0 Å². The number of amides is 3. The predicted molar refractivity (Wildman–Crippen MR) is 196 cm³/mol. The van der Waals surface area contributed by atoms with Crippen molar-refractivity contribution < 1.29 is 29.0 Å². The number of benzene rings is 4. The van der Waals surface area contributed by atoms with Gasteiger partial charge in [0.25, 0.3) is 11.8 Å². The molecule has 0 unspecified atom stereocenters. The summed E-state index contributed by atoms with van der Waals surface area (Å²) in [4.78, 5) is 56.5. The van der Waals surface area contributed by atoms with Gasteiger partial charge in [0.1, 0.15) is 0 Å². The van der Waals surface area contributed by atoms with Crippen LogP contribution in [-0.4, -0.2) is 60.1 Å². The first-order valence-electron chi connectivity index (χ1n) is 16.8. The second-order valence-electron chi connectivity index (χ2n) is 13.7. The number of carbonyl (C=O) groups excluding carboxylic acids is 3. The van der Waals surface area contributed by atoms with Crippen LogP contribution in [0.4, 0.5) is 11.4 Å². The Balaban J connectivity index is 1.30. The Morgan fingerprint density at radius 1 is 0.960 bits per heavy atom. The number of ether oxygens (including phenoxy) is 1. The van der Waals surface area contributed by atoms with Crippen molar-refractivity contribution >= 4 is 49.0 Å². The second kappa shape index (κ2) is 14.5. The molecule has 50 heavy (non-hydrogen) atoms. The maximum atomic E-state index is 14.8. The molecule has 260 valence electrons. The van der Waals surface area contributed by atoms with E-state index in [1.807, 2.05) is 74.6 Å². The minimum absolute atomic E-state index is 0.0626. The third-order valence-electron chi connectivity index (χ3n) is 9.82. The summed E-state index contributed by atoms with van der Waals surface area (Å²) >= 11 is 6.56. The molecule has 0 aromatic heterocycles. The fourth-order valence-corrected chi connectivity index (χ4v) is 10.4. The number of halogens is 1. The van der Waals surface area contributed by atoms with Gasteiger partial charge in [-0.2, -0.15) is 0 Å². The van der Waals surface area contributed by atoms with Crippen LogP contribution >= 0.6 is 11.6 Å². The van der Waals surface area contributed by atoms with E-state index in [1.54, 1.807) is 58.3 Å². The Labute approximate surface area is 298 Å². The van der Waals surface area contributed by atoms with Crippen molar-refractivity contribution in [3.63, 3.8) is 0 Å². The minimum Gasteiger partial charge on any atom is -0.432 e. The molecule has 1 spiro atoms. The molecule has 9 nitrogen and oxygen atoms in total. The SMILES string of the molecule is C[C@@H]1[C@@H]([Si](C)(C)O)[C@H](CC(=O)N(CCO)Cc2ccccc2)O[C@@]12C(=O)N(Cc1cccc(NC(=O)c3ccccc3)c1)c1ccc(Cl)cc12. The van der Waals surface area contributed by atoms with Crippen LogP contribution in [0.25, 0.3) is 0 Å². The zero-order chi connectivity index (χ0) is 35.6. The van der Waals surface area contributed by atoms with E-state index in [-0.39, 0.29) is 43.8 Å². The van der Waals surface area contributed by atoms with Crippen molar-refractivity contribution in [2.75, 3.05) is 23.4 Å². The summed E-state index contributed by atoms with van der Waals surface area (Å²) in [5.74, 6) is -1.26. The highest BCUT2D eigenvalue weighted by Crippen LogP contribution is 2.60. The van der Waals surface area contributed by atoms with E-state index < -0.39 is 31.5 Å². The number of aliphatic hydroxyl groups is 1. The molecule has 0 saturated carbocycles. The van der Waals surface area contributed by atoms with Crippen LogP contribution < -0.4 is 10.2 Å². The van der Waals surface area contributed by atoms with Gasteiger partial charge in [0, 0.05) is 46.4 Å². The van der Waals surface area contributed by atoms with Gasteiger partial charge in [-0.1, -0.05) is 79.2 Å². The molecular formula is C39H42ClN3O6Si. The van der Waals surface area contributed by atoms with Crippen LogP contribution in [0.2, 0.25) is 23.7 Å². The first kappa shape index (κ1) is 35.5. The Hall–Kier alpha value is -4.32. The molecule has 3 amide bonds. The fourth-order valence-electron chi connectivity index (χ4n) is 7.65. The maximum Gasteiger partial charge on any atom is 0.264 e. The summed E-state index contributed by atoms with van der Waals surface area (Å²) in [6.07, 6.45) is -0.819. The largest absolute Gasteiger partial charge is 0.432 e. The lowest BCUT2D eigenvalue weighted by Crippen LogP contribution is -2.46. The van der Waals surface area contributed by atoms with Crippen LogP contribution in [0.15, 0.2) is 103 Å². The Morgan fingerprint density at radius 2 is 1.64 bits per heavy atom. The number of nitrogens with zero attached hydrogens (tertiary/aromatic N) is 2. The predicted octanol–water partition coefficient (Wildman–Crippen LogP) is 6.35. The average molecular weight is 712 g/mol. The van der Waals surface area contributed by atoms with E-state index in [4.69, 9.17) is 16.3 Å². The van der Waals surface area contributed by atoms with Gasteiger partial charge in [-0.15, -0.1) is 0 Å². The zero-order valence-electron chi connectivity index (χ0n) is 28.4. The second-order valence-corrected chi connectivity index (χ2v) is 18.1. The Kier molecular flexibility index (Phi) is 10.3. The average Bonchev–Trinajstić information content (AvgIpc) is 3.51. The summed E-state index contributed by atoms with van der Waals surface area (Å²) in [5.41, 5.74) is 2.13. The molecule has 11 heteroatoms. The third-order valence-corrected chi connectivity index (χ3v) is 12.6. The lowest BCUT2D eigenvalue weighted by Gasteiger charge is -2.32. The van der Waals surface area contributed by atoms with Crippen LogP contribution in [0.1, 0.15) is 40.4 Å².